The summed E-state index contributed by atoms with van der Waals surface area (Å²) in [4.78, 5) is 16.9. The molecule has 0 amide bonds. The average molecular weight is 238 g/mol. The summed E-state index contributed by atoms with van der Waals surface area (Å²) in [6.45, 7) is 8.97. The minimum atomic E-state index is 0.254. The van der Waals surface area contributed by atoms with Crippen LogP contribution in [-0.2, 0) is 4.79 Å². The van der Waals surface area contributed by atoms with Crippen LogP contribution >= 0.6 is 0 Å². The third-order valence-electron chi connectivity index (χ3n) is 4.49. The fourth-order valence-corrected chi connectivity index (χ4v) is 3.44. The summed E-state index contributed by atoms with van der Waals surface area (Å²) in [5.74, 6) is 0.497. The molecule has 1 aliphatic carbocycles. The normalized spacial score (nSPS) is 31.4. The lowest BCUT2D eigenvalue weighted by atomic mass is 9.93. The molecule has 1 heterocycles. The van der Waals surface area contributed by atoms with Gasteiger partial charge in [-0.15, -0.1) is 0 Å². The lowest BCUT2D eigenvalue weighted by molar-refractivity contribution is -0.125. The molecule has 2 aliphatic rings. The first-order chi connectivity index (χ1) is 8.26. The standard InChI is InChI=1S/C14H26N2O/c1-3-15(4-2)12-9-10-16(11-12)13-7-5-6-8-14(13)17/h12-13H,3-11H2,1-2H3. The van der Waals surface area contributed by atoms with Crippen molar-refractivity contribution in [2.24, 2.45) is 0 Å². The fourth-order valence-electron chi connectivity index (χ4n) is 3.44. The summed E-state index contributed by atoms with van der Waals surface area (Å²) >= 11 is 0. The van der Waals surface area contributed by atoms with Crippen molar-refractivity contribution >= 4 is 5.78 Å². The topological polar surface area (TPSA) is 23.6 Å². The smallest absolute Gasteiger partial charge is 0.149 e. The van der Waals surface area contributed by atoms with E-state index in [0.29, 0.717) is 11.8 Å². The molecule has 0 radical (unpaired) electrons. The SMILES string of the molecule is CCN(CC)C1CCN(C2CCCCC2=O)C1. The van der Waals surface area contributed by atoms with E-state index in [1.54, 1.807) is 0 Å². The Balaban J connectivity index is 1.90. The van der Waals surface area contributed by atoms with E-state index >= 15 is 0 Å². The Morgan fingerprint density at radius 3 is 2.65 bits per heavy atom. The monoisotopic (exact) mass is 238 g/mol. The number of rotatable bonds is 4. The van der Waals surface area contributed by atoms with E-state index in [1.807, 2.05) is 0 Å². The van der Waals surface area contributed by atoms with Crippen LogP contribution in [0.5, 0.6) is 0 Å². The van der Waals surface area contributed by atoms with Gasteiger partial charge in [0.2, 0.25) is 0 Å². The number of ketones is 1. The maximum absolute atomic E-state index is 11.9. The molecule has 2 unspecified atom stereocenters. The van der Waals surface area contributed by atoms with Gasteiger partial charge in [0.25, 0.3) is 0 Å². The highest BCUT2D eigenvalue weighted by Crippen LogP contribution is 2.25. The average Bonchev–Trinajstić information content (AvgIpc) is 2.81. The molecule has 0 aromatic carbocycles. The second-order valence-electron chi connectivity index (χ2n) is 5.39. The number of carbonyl (C=O) groups is 1. The first-order valence-corrected chi connectivity index (χ1v) is 7.27. The third kappa shape index (κ3) is 2.89. The zero-order chi connectivity index (χ0) is 12.3. The first-order valence-electron chi connectivity index (χ1n) is 7.27. The maximum Gasteiger partial charge on any atom is 0.149 e. The molecule has 3 nitrogen and oxygen atoms in total. The predicted octanol–water partition coefficient (Wildman–Crippen LogP) is 1.91. The van der Waals surface area contributed by atoms with Gasteiger partial charge >= 0.3 is 0 Å². The number of likely N-dealkylation sites (N-methyl/N-ethyl adjacent to an activating group) is 1. The fraction of sp³-hybridized carbons (Fsp3) is 0.929. The third-order valence-corrected chi connectivity index (χ3v) is 4.49. The first kappa shape index (κ1) is 13.0. The van der Waals surface area contributed by atoms with E-state index in [1.165, 1.54) is 12.8 Å². The number of hydrogen-bond donors (Lipinski definition) is 0. The molecule has 17 heavy (non-hydrogen) atoms. The predicted molar refractivity (Wildman–Crippen MR) is 70.2 cm³/mol. The van der Waals surface area contributed by atoms with Crippen LogP contribution in [0.1, 0.15) is 46.0 Å². The Kier molecular flexibility index (Phi) is 4.57. The lowest BCUT2D eigenvalue weighted by Gasteiger charge is -2.31. The van der Waals surface area contributed by atoms with Crippen molar-refractivity contribution < 1.29 is 4.79 Å². The highest BCUT2D eigenvalue weighted by atomic mass is 16.1. The van der Waals surface area contributed by atoms with Gasteiger partial charge in [0.15, 0.2) is 0 Å². The van der Waals surface area contributed by atoms with Crippen molar-refractivity contribution in [1.82, 2.24) is 9.80 Å². The largest absolute Gasteiger partial charge is 0.300 e. The quantitative estimate of drug-likeness (QED) is 0.747. The Hall–Kier alpha value is -0.410. The van der Waals surface area contributed by atoms with E-state index in [0.717, 1.165) is 45.4 Å². The van der Waals surface area contributed by atoms with Crippen molar-refractivity contribution in [3.05, 3.63) is 0 Å². The van der Waals surface area contributed by atoms with Crippen LogP contribution in [0.3, 0.4) is 0 Å². The van der Waals surface area contributed by atoms with E-state index in [-0.39, 0.29) is 6.04 Å². The summed E-state index contributed by atoms with van der Waals surface area (Å²) in [6, 6.07) is 0.934. The minimum Gasteiger partial charge on any atom is -0.300 e. The van der Waals surface area contributed by atoms with Gasteiger partial charge in [-0.25, -0.2) is 0 Å². The van der Waals surface area contributed by atoms with Crippen molar-refractivity contribution in [1.29, 1.82) is 0 Å². The Labute approximate surface area is 105 Å². The number of Topliss-reactive ketones (excluding diaryl/α,β-unsaturated/α-hetero) is 1. The highest BCUT2D eigenvalue weighted by Gasteiger charge is 2.34. The van der Waals surface area contributed by atoms with Crippen molar-refractivity contribution in [2.45, 2.75) is 58.0 Å². The van der Waals surface area contributed by atoms with Gasteiger partial charge < -0.3 is 0 Å². The summed E-state index contributed by atoms with van der Waals surface area (Å²) in [6.07, 6.45) is 5.51. The highest BCUT2D eigenvalue weighted by molar-refractivity contribution is 5.84. The molecule has 2 atom stereocenters. The minimum absolute atomic E-state index is 0.254. The van der Waals surface area contributed by atoms with Crippen molar-refractivity contribution in [2.75, 3.05) is 26.2 Å². The Morgan fingerprint density at radius 2 is 2.00 bits per heavy atom. The molecule has 1 aliphatic heterocycles. The number of nitrogens with zero attached hydrogens (tertiary/aromatic N) is 2. The Morgan fingerprint density at radius 1 is 1.24 bits per heavy atom. The van der Waals surface area contributed by atoms with Gasteiger partial charge in [0, 0.05) is 25.6 Å². The van der Waals surface area contributed by atoms with Crippen molar-refractivity contribution in [3.8, 4) is 0 Å². The van der Waals surface area contributed by atoms with Crippen LogP contribution < -0.4 is 0 Å². The maximum atomic E-state index is 11.9. The molecule has 0 spiro atoms. The molecule has 0 bridgehead atoms. The Bertz CT molecular complexity index is 263. The van der Waals surface area contributed by atoms with E-state index < -0.39 is 0 Å². The van der Waals surface area contributed by atoms with E-state index in [2.05, 4.69) is 23.6 Å². The molecular weight excluding hydrogens is 212 g/mol. The molecule has 2 rings (SSSR count). The lowest BCUT2D eigenvalue weighted by Crippen LogP contribution is -2.44. The molecule has 98 valence electrons. The number of hydrogen-bond acceptors (Lipinski definition) is 3. The second kappa shape index (κ2) is 5.96. The van der Waals surface area contributed by atoms with Gasteiger partial charge in [0.1, 0.15) is 5.78 Å². The van der Waals surface area contributed by atoms with Gasteiger partial charge in [0.05, 0.1) is 6.04 Å². The molecule has 0 aromatic heterocycles. The molecule has 1 saturated carbocycles. The van der Waals surface area contributed by atoms with E-state index in [4.69, 9.17) is 0 Å². The van der Waals surface area contributed by atoms with Crippen LogP contribution in [0.15, 0.2) is 0 Å². The van der Waals surface area contributed by atoms with Gasteiger partial charge in [-0.2, -0.15) is 0 Å². The summed E-state index contributed by atoms with van der Waals surface area (Å²) in [5, 5.41) is 0. The summed E-state index contributed by atoms with van der Waals surface area (Å²) in [5.41, 5.74) is 0. The van der Waals surface area contributed by atoms with Gasteiger partial charge in [-0.05, 0) is 32.4 Å². The molecule has 3 heteroatoms. The molecular formula is C14H26N2O. The zero-order valence-corrected chi connectivity index (χ0v) is 11.3. The number of likely N-dealkylation sites (tertiary alicyclic amines) is 1. The van der Waals surface area contributed by atoms with Gasteiger partial charge in [-0.3, -0.25) is 14.6 Å². The zero-order valence-electron chi connectivity index (χ0n) is 11.3. The van der Waals surface area contributed by atoms with Crippen LogP contribution in [-0.4, -0.2) is 53.8 Å². The summed E-state index contributed by atoms with van der Waals surface area (Å²) < 4.78 is 0. The van der Waals surface area contributed by atoms with Gasteiger partial charge in [-0.1, -0.05) is 20.3 Å². The molecule has 1 saturated heterocycles. The van der Waals surface area contributed by atoms with Crippen LogP contribution in [0.4, 0.5) is 0 Å². The second-order valence-corrected chi connectivity index (χ2v) is 5.39. The molecule has 0 aromatic rings. The van der Waals surface area contributed by atoms with Crippen LogP contribution in [0.25, 0.3) is 0 Å². The molecule has 0 N–H and O–H groups in total. The van der Waals surface area contributed by atoms with Crippen molar-refractivity contribution in [3.63, 3.8) is 0 Å². The molecule has 2 fully saturated rings. The van der Waals surface area contributed by atoms with E-state index in [9.17, 15) is 4.79 Å². The van der Waals surface area contributed by atoms with Crippen LogP contribution in [0.2, 0.25) is 0 Å². The number of carbonyl (C=O) groups excluding carboxylic acids is 1. The summed E-state index contributed by atoms with van der Waals surface area (Å²) in [7, 11) is 0. The van der Waals surface area contributed by atoms with Crippen LogP contribution in [0, 0.1) is 0 Å².